The van der Waals surface area contributed by atoms with E-state index in [1.54, 1.807) is 48.9 Å². The largest absolute Gasteiger partial charge is 0.493 e. The number of benzene rings is 2. The van der Waals surface area contributed by atoms with Gasteiger partial charge in [0, 0.05) is 11.8 Å². The van der Waals surface area contributed by atoms with Crippen molar-refractivity contribution in [3.63, 3.8) is 0 Å². The first-order valence-corrected chi connectivity index (χ1v) is 10.2. The fourth-order valence-electron chi connectivity index (χ4n) is 3.49. The number of methoxy groups -OCH3 is 1. The lowest BCUT2D eigenvalue weighted by atomic mass is 10.0. The molecule has 0 radical (unpaired) electrons. The van der Waals surface area contributed by atoms with Crippen LogP contribution in [0.3, 0.4) is 0 Å². The van der Waals surface area contributed by atoms with Gasteiger partial charge in [0.25, 0.3) is 5.89 Å². The number of thiophene rings is 1. The molecule has 0 atom stereocenters. The van der Waals surface area contributed by atoms with Gasteiger partial charge in [0.15, 0.2) is 16.9 Å². The fourth-order valence-corrected chi connectivity index (χ4v) is 4.50. The Balaban J connectivity index is 1.52. The first kappa shape index (κ1) is 19.1. The highest BCUT2D eigenvalue weighted by Gasteiger charge is 2.25. The number of oxazole rings is 1. The molecule has 0 bridgehead atoms. The fraction of sp³-hybridized carbons (Fsp3) is 0.0870. The van der Waals surface area contributed by atoms with Crippen LogP contribution >= 0.6 is 11.3 Å². The summed E-state index contributed by atoms with van der Waals surface area (Å²) in [5, 5.41) is 12.3. The van der Waals surface area contributed by atoms with Crippen molar-refractivity contribution in [2.45, 2.75) is 6.42 Å². The van der Waals surface area contributed by atoms with Crippen LogP contribution in [0, 0.1) is 0 Å². The van der Waals surface area contributed by atoms with Crippen molar-refractivity contribution in [1.29, 1.82) is 0 Å². The molecule has 5 rings (SSSR count). The molecule has 0 aliphatic carbocycles. The Hall–Kier alpha value is -3.91. The van der Waals surface area contributed by atoms with Gasteiger partial charge in [0.1, 0.15) is 11.3 Å². The Morgan fingerprint density at radius 2 is 1.97 bits per heavy atom. The highest BCUT2D eigenvalue weighted by atomic mass is 32.1. The number of hydrogen-bond donors (Lipinski definition) is 1. The van der Waals surface area contributed by atoms with Gasteiger partial charge in [-0.25, -0.2) is 9.78 Å². The Labute approximate surface area is 179 Å². The molecule has 3 heterocycles. The average Bonchev–Trinajstić information content (AvgIpc) is 3.48. The number of Topliss-reactive ketones (excluding diaryl/α,β-unsaturated/α-hetero) is 1. The minimum Gasteiger partial charge on any atom is -0.493 e. The van der Waals surface area contributed by atoms with Crippen molar-refractivity contribution in [2.24, 2.45) is 0 Å². The quantitative estimate of drug-likeness (QED) is 0.356. The topological polar surface area (TPSA) is 103 Å². The number of ketones is 1. The summed E-state index contributed by atoms with van der Waals surface area (Å²) in [6, 6.07) is 14.3. The Morgan fingerprint density at radius 1 is 1.13 bits per heavy atom. The van der Waals surface area contributed by atoms with E-state index in [1.165, 1.54) is 11.3 Å². The third-order valence-corrected chi connectivity index (χ3v) is 5.96. The molecule has 8 heteroatoms. The van der Waals surface area contributed by atoms with E-state index in [9.17, 15) is 14.7 Å². The molecule has 5 aromatic rings. The van der Waals surface area contributed by atoms with Crippen LogP contribution in [0.2, 0.25) is 0 Å². The molecule has 0 saturated heterocycles. The lowest BCUT2D eigenvalue weighted by Gasteiger charge is -2.01. The van der Waals surface area contributed by atoms with Crippen molar-refractivity contribution < 1.29 is 28.3 Å². The van der Waals surface area contributed by atoms with Crippen LogP contribution in [0.1, 0.15) is 26.6 Å². The monoisotopic (exact) mass is 433 g/mol. The Bertz CT molecular complexity index is 1420. The number of fused-ring (bicyclic) bond motifs is 2. The summed E-state index contributed by atoms with van der Waals surface area (Å²) in [7, 11) is 1.54. The number of ether oxygens (including phenoxy) is 1. The molecule has 154 valence electrons. The predicted octanol–water partition coefficient (Wildman–Crippen LogP) is 5.43. The zero-order valence-electron chi connectivity index (χ0n) is 16.2. The standard InChI is InChI=1S/C23H15NO6S/c1-28-17-8-4-5-12-10-18(29-20(12)17)21-19(23(26)27)13(11-31-21)9-15(25)22-24-14-6-2-3-7-16(14)30-22/h2-8,10-11H,9H2,1H3,(H,26,27). The van der Waals surface area contributed by atoms with Crippen LogP contribution in [-0.4, -0.2) is 29.0 Å². The molecule has 3 aromatic heterocycles. The van der Waals surface area contributed by atoms with Gasteiger partial charge in [0.2, 0.25) is 5.78 Å². The van der Waals surface area contributed by atoms with E-state index >= 15 is 0 Å². The highest BCUT2D eigenvalue weighted by Crippen LogP contribution is 2.39. The second kappa shape index (κ2) is 7.41. The second-order valence-corrected chi connectivity index (χ2v) is 7.73. The van der Waals surface area contributed by atoms with E-state index in [0.29, 0.717) is 38.6 Å². The predicted molar refractivity (Wildman–Crippen MR) is 115 cm³/mol. The zero-order chi connectivity index (χ0) is 21.5. The molecule has 31 heavy (non-hydrogen) atoms. The zero-order valence-corrected chi connectivity index (χ0v) is 17.1. The number of hydrogen-bond acceptors (Lipinski definition) is 7. The van der Waals surface area contributed by atoms with Gasteiger partial charge in [0.05, 0.1) is 17.6 Å². The van der Waals surface area contributed by atoms with Gasteiger partial charge in [-0.1, -0.05) is 24.3 Å². The maximum atomic E-state index is 12.7. The summed E-state index contributed by atoms with van der Waals surface area (Å²) >= 11 is 1.21. The van der Waals surface area contributed by atoms with Crippen molar-refractivity contribution in [3.8, 4) is 16.4 Å². The third kappa shape index (κ3) is 3.27. The number of carboxylic acids is 1. The summed E-state index contributed by atoms with van der Waals surface area (Å²) in [6.07, 6.45) is -0.144. The maximum Gasteiger partial charge on any atom is 0.337 e. The molecule has 7 nitrogen and oxygen atoms in total. The molecule has 1 N–H and O–H groups in total. The maximum absolute atomic E-state index is 12.7. The summed E-state index contributed by atoms with van der Waals surface area (Å²) in [4.78, 5) is 29.4. The van der Waals surface area contributed by atoms with Gasteiger partial charge < -0.3 is 18.7 Å². The van der Waals surface area contributed by atoms with E-state index in [1.807, 2.05) is 12.1 Å². The van der Waals surface area contributed by atoms with E-state index in [0.717, 1.165) is 5.39 Å². The van der Waals surface area contributed by atoms with Gasteiger partial charge in [-0.15, -0.1) is 11.3 Å². The van der Waals surface area contributed by atoms with E-state index in [4.69, 9.17) is 13.6 Å². The number of carbonyl (C=O) groups is 2. The minimum atomic E-state index is -1.14. The molecule has 0 amide bonds. The molecule has 0 aliphatic rings. The van der Waals surface area contributed by atoms with Crippen molar-refractivity contribution in [3.05, 3.63) is 70.9 Å². The van der Waals surface area contributed by atoms with Crippen LogP contribution in [0.15, 0.2) is 62.7 Å². The molecule has 0 unspecified atom stereocenters. The number of aromatic nitrogens is 1. The van der Waals surface area contributed by atoms with E-state index in [-0.39, 0.29) is 17.9 Å². The Kier molecular flexibility index (Phi) is 4.56. The number of nitrogens with zero attached hydrogens (tertiary/aromatic N) is 1. The number of para-hydroxylation sites is 3. The molecule has 0 fully saturated rings. The number of carbonyl (C=O) groups excluding carboxylic acids is 1. The molecular weight excluding hydrogens is 418 g/mol. The lowest BCUT2D eigenvalue weighted by Crippen LogP contribution is -2.08. The normalized spacial score (nSPS) is 11.3. The first-order chi connectivity index (χ1) is 15.0. The molecule has 0 saturated carbocycles. The van der Waals surface area contributed by atoms with Gasteiger partial charge in [-0.05, 0) is 35.2 Å². The van der Waals surface area contributed by atoms with Crippen molar-refractivity contribution >= 4 is 45.2 Å². The van der Waals surface area contributed by atoms with Crippen LogP contribution in [0.25, 0.3) is 32.7 Å². The van der Waals surface area contributed by atoms with Gasteiger partial charge in [-0.3, -0.25) is 4.79 Å². The molecule has 0 aliphatic heterocycles. The van der Waals surface area contributed by atoms with Crippen molar-refractivity contribution in [2.75, 3.05) is 7.11 Å². The van der Waals surface area contributed by atoms with E-state index < -0.39 is 11.8 Å². The highest BCUT2D eigenvalue weighted by molar-refractivity contribution is 7.14. The van der Waals surface area contributed by atoms with Crippen LogP contribution < -0.4 is 4.74 Å². The summed E-state index contributed by atoms with van der Waals surface area (Å²) in [5.41, 5.74) is 2.03. The molecule has 2 aromatic carbocycles. The molecular formula is C23H15NO6S. The van der Waals surface area contributed by atoms with Crippen LogP contribution in [-0.2, 0) is 6.42 Å². The molecule has 0 spiro atoms. The third-order valence-electron chi connectivity index (χ3n) is 4.92. The average molecular weight is 433 g/mol. The summed E-state index contributed by atoms with van der Waals surface area (Å²) < 4.78 is 16.8. The second-order valence-electron chi connectivity index (χ2n) is 6.85. The van der Waals surface area contributed by atoms with Gasteiger partial charge >= 0.3 is 5.97 Å². The number of carboxylic acid groups (broad SMARTS) is 1. The van der Waals surface area contributed by atoms with Crippen molar-refractivity contribution in [1.82, 2.24) is 4.98 Å². The number of aromatic carboxylic acids is 1. The Morgan fingerprint density at radius 3 is 2.74 bits per heavy atom. The summed E-state index contributed by atoms with van der Waals surface area (Å²) in [6.45, 7) is 0. The lowest BCUT2D eigenvalue weighted by molar-refractivity contribution is 0.0697. The minimum absolute atomic E-state index is 0.0347. The summed E-state index contributed by atoms with van der Waals surface area (Å²) in [5.74, 6) is -0.608. The number of furan rings is 1. The van der Waals surface area contributed by atoms with Crippen LogP contribution in [0.4, 0.5) is 0 Å². The van der Waals surface area contributed by atoms with E-state index in [2.05, 4.69) is 4.98 Å². The number of rotatable bonds is 6. The SMILES string of the molecule is COc1cccc2cc(-c3scc(CC(=O)c4nc5ccccc5o4)c3C(=O)O)oc12. The van der Waals surface area contributed by atoms with Crippen LogP contribution in [0.5, 0.6) is 5.75 Å². The first-order valence-electron chi connectivity index (χ1n) is 9.34. The smallest absolute Gasteiger partial charge is 0.337 e. The van der Waals surface area contributed by atoms with Gasteiger partial charge in [-0.2, -0.15) is 0 Å².